The van der Waals surface area contributed by atoms with Crippen LogP contribution in [0.25, 0.3) is 10.8 Å². The molecule has 3 heteroatoms. The molecule has 0 bridgehead atoms. The van der Waals surface area contributed by atoms with Crippen molar-refractivity contribution in [2.24, 2.45) is 0 Å². The number of amides is 1. The van der Waals surface area contributed by atoms with E-state index >= 15 is 0 Å². The van der Waals surface area contributed by atoms with Crippen LogP contribution in [0.15, 0.2) is 36.4 Å². The molecule has 0 heterocycles. The predicted octanol–water partition coefficient (Wildman–Crippen LogP) is 2.05. The van der Waals surface area contributed by atoms with Crippen molar-refractivity contribution in [2.45, 2.75) is 5.54 Å². The zero-order valence-electron chi connectivity index (χ0n) is 11.8. The number of benzene rings is 2. The van der Waals surface area contributed by atoms with E-state index in [9.17, 15) is 4.79 Å². The lowest BCUT2D eigenvalue weighted by Crippen LogP contribution is -2.44. The molecule has 0 N–H and O–H groups in total. The summed E-state index contributed by atoms with van der Waals surface area (Å²) >= 11 is 0. The summed E-state index contributed by atoms with van der Waals surface area (Å²) in [5.41, 5.74) is 1.72. The van der Waals surface area contributed by atoms with Crippen LogP contribution in [0.4, 0.5) is 0 Å². The fourth-order valence-corrected chi connectivity index (χ4v) is 2.99. The number of carbonyl (C=O) groups excluding carboxylic acids is 1. The molecule has 2 aromatic carbocycles. The maximum atomic E-state index is 12.6. The first-order chi connectivity index (χ1) is 8.99. The first-order valence-corrected chi connectivity index (χ1v) is 6.42. The van der Waals surface area contributed by atoms with Crippen molar-refractivity contribution in [3.63, 3.8) is 0 Å². The Hall–Kier alpha value is -1.87. The highest BCUT2D eigenvalue weighted by molar-refractivity contribution is 6.02. The second-order valence-electron chi connectivity index (χ2n) is 5.55. The number of hydrogen-bond acceptors (Lipinski definition) is 2. The summed E-state index contributed by atoms with van der Waals surface area (Å²) in [5.74, 6) is 0.128. The van der Waals surface area contributed by atoms with Gasteiger partial charge in [0.1, 0.15) is 0 Å². The molecule has 19 heavy (non-hydrogen) atoms. The Morgan fingerprint density at radius 2 is 1.42 bits per heavy atom. The molecule has 98 valence electrons. The summed E-state index contributed by atoms with van der Waals surface area (Å²) in [7, 11) is 7.55. The molecule has 0 saturated carbocycles. The van der Waals surface area contributed by atoms with Crippen LogP contribution >= 0.6 is 0 Å². The summed E-state index contributed by atoms with van der Waals surface area (Å²) in [6.45, 7) is 0. The number of hydrogen-bond donors (Lipinski definition) is 0. The van der Waals surface area contributed by atoms with Crippen LogP contribution in [-0.4, -0.2) is 43.9 Å². The van der Waals surface area contributed by atoms with Gasteiger partial charge in [-0.1, -0.05) is 24.3 Å². The average Bonchev–Trinajstić information content (AvgIpc) is 3.03. The van der Waals surface area contributed by atoms with Gasteiger partial charge in [-0.15, -0.1) is 0 Å². The lowest BCUT2D eigenvalue weighted by Gasteiger charge is -2.26. The Kier molecular flexibility index (Phi) is 2.44. The Morgan fingerprint density at radius 1 is 0.947 bits per heavy atom. The van der Waals surface area contributed by atoms with Crippen LogP contribution in [0, 0.1) is 0 Å². The first-order valence-electron chi connectivity index (χ1n) is 6.42. The van der Waals surface area contributed by atoms with Gasteiger partial charge in [-0.25, -0.2) is 0 Å². The smallest absolute Gasteiger partial charge is 0.251 e. The van der Waals surface area contributed by atoms with Crippen LogP contribution in [0.5, 0.6) is 0 Å². The van der Waals surface area contributed by atoms with E-state index in [4.69, 9.17) is 0 Å². The Labute approximate surface area is 113 Å². The highest BCUT2D eigenvalue weighted by Gasteiger charge is 2.59. The minimum Gasteiger partial charge on any atom is -0.347 e. The zero-order valence-corrected chi connectivity index (χ0v) is 11.8. The van der Waals surface area contributed by atoms with E-state index < -0.39 is 5.54 Å². The molecule has 0 atom stereocenters. The van der Waals surface area contributed by atoms with Crippen molar-refractivity contribution in [3.05, 3.63) is 47.5 Å². The second-order valence-corrected chi connectivity index (χ2v) is 5.55. The molecule has 0 fully saturated rings. The number of fused-ring (bicyclic) bond motifs is 2. The minimum absolute atomic E-state index is 0.128. The van der Waals surface area contributed by atoms with Gasteiger partial charge in [0.25, 0.3) is 5.91 Å². The molecule has 1 amide bonds. The van der Waals surface area contributed by atoms with Crippen LogP contribution in [0.3, 0.4) is 0 Å². The molecule has 3 rings (SSSR count). The molecule has 0 spiro atoms. The Balaban J connectivity index is 2.19. The van der Waals surface area contributed by atoms with Gasteiger partial charge in [0.2, 0.25) is 0 Å². The van der Waals surface area contributed by atoms with E-state index in [1.54, 1.807) is 4.90 Å². The maximum Gasteiger partial charge on any atom is 0.251 e. The lowest BCUT2D eigenvalue weighted by atomic mass is 10.1. The largest absolute Gasteiger partial charge is 0.347 e. The predicted molar refractivity (Wildman–Crippen MR) is 77.1 cm³/mol. The van der Waals surface area contributed by atoms with Crippen molar-refractivity contribution in [1.82, 2.24) is 9.80 Å². The van der Waals surface area contributed by atoms with Gasteiger partial charge in [-0.3, -0.25) is 9.69 Å². The highest BCUT2D eigenvalue weighted by Crippen LogP contribution is 2.53. The lowest BCUT2D eigenvalue weighted by molar-refractivity contribution is -0.136. The van der Waals surface area contributed by atoms with E-state index in [2.05, 4.69) is 24.3 Å². The molecule has 2 aromatic rings. The van der Waals surface area contributed by atoms with Crippen LogP contribution in [0.2, 0.25) is 0 Å². The molecule has 1 aliphatic carbocycles. The topological polar surface area (TPSA) is 23.6 Å². The summed E-state index contributed by atoms with van der Waals surface area (Å²) in [4.78, 5) is 16.3. The summed E-state index contributed by atoms with van der Waals surface area (Å²) < 4.78 is 0. The van der Waals surface area contributed by atoms with Gasteiger partial charge >= 0.3 is 0 Å². The fraction of sp³-hybridized carbons (Fsp3) is 0.312. The molecule has 3 nitrogen and oxygen atoms in total. The Morgan fingerprint density at radius 3 is 1.79 bits per heavy atom. The standard InChI is InChI=1S/C16H18N2O/c1-17(2)15(19)16(18(3)4)13-9-11-7-5-6-8-12(11)10-14(13)16/h5-10H,1-4H3. The van der Waals surface area contributed by atoms with E-state index in [1.807, 2.05) is 45.2 Å². The monoisotopic (exact) mass is 254 g/mol. The molecule has 0 saturated heterocycles. The van der Waals surface area contributed by atoms with Crippen molar-refractivity contribution in [1.29, 1.82) is 0 Å². The Bertz CT molecular complexity index is 631. The molecular weight excluding hydrogens is 236 g/mol. The van der Waals surface area contributed by atoms with Gasteiger partial charge in [0, 0.05) is 14.1 Å². The summed E-state index contributed by atoms with van der Waals surface area (Å²) in [6.07, 6.45) is 0. The summed E-state index contributed by atoms with van der Waals surface area (Å²) in [6, 6.07) is 12.5. The summed E-state index contributed by atoms with van der Waals surface area (Å²) in [5, 5.41) is 2.38. The third kappa shape index (κ3) is 1.45. The third-order valence-corrected chi connectivity index (χ3v) is 3.99. The molecular formula is C16H18N2O. The normalized spacial score (nSPS) is 15.4. The van der Waals surface area contributed by atoms with E-state index in [-0.39, 0.29) is 5.91 Å². The quantitative estimate of drug-likeness (QED) is 0.819. The highest BCUT2D eigenvalue weighted by atomic mass is 16.2. The molecule has 0 aliphatic heterocycles. The van der Waals surface area contributed by atoms with Crippen LogP contribution < -0.4 is 0 Å². The third-order valence-electron chi connectivity index (χ3n) is 3.99. The van der Waals surface area contributed by atoms with Gasteiger partial charge in [-0.2, -0.15) is 0 Å². The number of rotatable bonds is 2. The molecule has 1 aliphatic rings. The van der Waals surface area contributed by atoms with E-state index in [0.29, 0.717) is 0 Å². The first kappa shape index (κ1) is 12.2. The minimum atomic E-state index is -0.553. The number of likely N-dealkylation sites (N-methyl/N-ethyl adjacent to an activating group) is 2. The molecule has 0 radical (unpaired) electrons. The second kappa shape index (κ2) is 3.81. The van der Waals surface area contributed by atoms with Gasteiger partial charge < -0.3 is 4.90 Å². The van der Waals surface area contributed by atoms with Gasteiger partial charge in [-0.05, 0) is 48.1 Å². The van der Waals surface area contributed by atoms with Crippen molar-refractivity contribution in [2.75, 3.05) is 28.2 Å². The number of carbonyl (C=O) groups is 1. The fourth-order valence-electron chi connectivity index (χ4n) is 2.99. The average molecular weight is 254 g/mol. The maximum absolute atomic E-state index is 12.6. The van der Waals surface area contributed by atoms with E-state index in [0.717, 1.165) is 11.1 Å². The van der Waals surface area contributed by atoms with E-state index in [1.165, 1.54) is 10.8 Å². The van der Waals surface area contributed by atoms with Gasteiger partial charge in [0.15, 0.2) is 5.54 Å². The SMILES string of the molecule is CN(C)C(=O)C1(N(C)C)c2cc3ccccc3cc21. The van der Waals surface area contributed by atoms with Crippen LogP contribution in [-0.2, 0) is 10.3 Å². The van der Waals surface area contributed by atoms with Crippen molar-refractivity contribution < 1.29 is 4.79 Å². The molecule has 0 aromatic heterocycles. The van der Waals surface area contributed by atoms with Crippen molar-refractivity contribution in [3.8, 4) is 0 Å². The molecule has 0 unspecified atom stereocenters. The number of nitrogens with zero attached hydrogens (tertiary/aromatic N) is 2. The van der Waals surface area contributed by atoms with Crippen molar-refractivity contribution >= 4 is 16.7 Å². The zero-order chi connectivity index (χ0) is 13.8. The van der Waals surface area contributed by atoms with Gasteiger partial charge in [0.05, 0.1) is 0 Å². The van der Waals surface area contributed by atoms with Crippen LogP contribution in [0.1, 0.15) is 11.1 Å².